The van der Waals surface area contributed by atoms with E-state index in [1.54, 1.807) is 4.90 Å². The number of hydrogen-bond acceptors (Lipinski definition) is 3. The molecule has 0 bridgehead atoms. The fourth-order valence-corrected chi connectivity index (χ4v) is 2.80. The molecular weight excluding hydrogens is 270 g/mol. The number of hydrogen-bond donors (Lipinski definition) is 1. The number of carbonyl (C=O) groups excluding carboxylic acids is 1. The van der Waals surface area contributed by atoms with Crippen molar-refractivity contribution in [2.24, 2.45) is 5.92 Å². The van der Waals surface area contributed by atoms with Crippen LogP contribution in [0.2, 0.25) is 0 Å². The van der Waals surface area contributed by atoms with Crippen molar-refractivity contribution in [2.45, 2.75) is 39.2 Å². The smallest absolute Gasteiger partial charge is 0.320 e. The van der Waals surface area contributed by atoms with Crippen molar-refractivity contribution in [1.29, 1.82) is 0 Å². The second kappa shape index (κ2) is 8.22. The lowest BCUT2D eigenvalue weighted by Gasteiger charge is -2.37. The van der Waals surface area contributed by atoms with Gasteiger partial charge in [0, 0.05) is 32.2 Å². The molecule has 0 radical (unpaired) electrons. The van der Waals surface area contributed by atoms with Gasteiger partial charge >= 0.3 is 12.0 Å². The number of rotatable bonds is 6. The maximum absolute atomic E-state index is 12.5. The minimum atomic E-state index is -0.863. The number of nitrogens with zero attached hydrogens (tertiary/aromatic N) is 3. The van der Waals surface area contributed by atoms with E-state index in [1.807, 2.05) is 18.7 Å². The van der Waals surface area contributed by atoms with Crippen molar-refractivity contribution >= 4 is 12.0 Å². The molecule has 1 aliphatic rings. The molecule has 1 N–H and O–H groups in total. The third kappa shape index (κ3) is 5.91. The zero-order chi connectivity index (χ0) is 16.0. The highest BCUT2D eigenvalue weighted by Gasteiger charge is 2.27. The van der Waals surface area contributed by atoms with E-state index < -0.39 is 5.97 Å². The largest absolute Gasteiger partial charge is 0.481 e. The second-order valence-corrected chi connectivity index (χ2v) is 6.41. The summed E-state index contributed by atoms with van der Waals surface area (Å²) in [4.78, 5) is 29.0. The van der Waals surface area contributed by atoms with Crippen molar-refractivity contribution in [3.8, 4) is 0 Å². The van der Waals surface area contributed by atoms with Crippen LogP contribution in [0.25, 0.3) is 0 Å². The summed E-state index contributed by atoms with van der Waals surface area (Å²) in [5, 5.41) is 8.80. The molecule has 21 heavy (non-hydrogen) atoms. The maximum Gasteiger partial charge on any atom is 0.320 e. The van der Waals surface area contributed by atoms with Crippen LogP contribution in [0.4, 0.5) is 4.79 Å². The SMILES string of the molecule is CC(C)N(CCC(=O)O)C(=O)N1CCC(CN(C)C)CC1. The molecule has 2 amide bonds. The summed E-state index contributed by atoms with van der Waals surface area (Å²) < 4.78 is 0. The van der Waals surface area contributed by atoms with Gasteiger partial charge < -0.3 is 19.8 Å². The van der Waals surface area contributed by atoms with Crippen molar-refractivity contribution in [2.75, 3.05) is 40.3 Å². The molecule has 1 saturated heterocycles. The molecule has 0 aromatic rings. The van der Waals surface area contributed by atoms with E-state index in [2.05, 4.69) is 19.0 Å². The van der Waals surface area contributed by atoms with Gasteiger partial charge in [0.15, 0.2) is 0 Å². The van der Waals surface area contributed by atoms with Crippen molar-refractivity contribution in [3.05, 3.63) is 0 Å². The Morgan fingerprint density at radius 2 is 1.81 bits per heavy atom. The number of urea groups is 1. The average Bonchev–Trinajstić information content (AvgIpc) is 2.38. The van der Waals surface area contributed by atoms with E-state index >= 15 is 0 Å². The van der Waals surface area contributed by atoms with Gasteiger partial charge in [-0.2, -0.15) is 0 Å². The summed E-state index contributed by atoms with van der Waals surface area (Å²) in [6, 6.07) is 0.00546. The molecule has 0 spiro atoms. The van der Waals surface area contributed by atoms with Crippen LogP contribution in [0, 0.1) is 5.92 Å². The Hall–Kier alpha value is -1.30. The fraction of sp³-hybridized carbons (Fsp3) is 0.867. The molecule has 1 rings (SSSR count). The summed E-state index contributed by atoms with van der Waals surface area (Å²) in [5.41, 5.74) is 0. The van der Waals surface area contributed by atoms with Crippen LogP contribution in [-0.4, -0.2) is 78.1 Å². The average molecular weight is 299 g/mol. The zero-order valence-corrected chi connectivity index (χ0v) is 13.7. The number of carboxylic acid groups (broad SMARTS) is 1. The number of likely N-dealkylation sites (tertiary alicyclic amines) is 1. The summed E-state index contributed by atoms with van der Waals surface area (Å²) in [6.07, 6.45) is 2.05. The van der Waals surface area contributed by atoms with Gasteiger partial charge in [0.05, 0.1) is 6.42 Å². The first-order valence-electron chi connectivity index (χ1n) is 7.73. The fourth-order valence-electron chi connectivity index (χ4n) is 2.80. The molecule has 1 aliphatic heterocycles. The van der Waals surface area contributed by atoms with Crippen LogP contribution in [0.5, 0.6) is 0 Å². The van der Waals surface area contributed by atoms with Gasteiger partial charge in [-0.05, 0) is 46.7 Å². The molecule has 0 aromatic heterocycles. The Morgan fingerprint density at radius 3 is 2.24 bits per heavy atom. The number of aliphatic carboxylic acids is 1. The summed E-state index contributed by atoms with van der Waals surface area (Å²) in [7, 11) is 4.15. The summed E-state index contributed by atoms with van der Waals surface area (Å²) in [5.74, 6) is -0.214. The Bertz CT molecular complexity index is 350. The quantitative estimate of drug-likeness (QED) is 0.808. The van der Waals surface area contributed by atoms with E-state index in [4.69, 9.17) is 5.11 Å². The minimum Gasteiger partial charge on any atom is -0.481 e. The van der Waals surface area contributed by atoms with Gasteiger partial charge in [-0.1, -0.05) is 0 Å². The topological polar surface area (TPSA) is 64.1 Å². The lowest BCUT2D eigenvalue weighted by molar-refractivity contribution is -0.137. The normalized spacial score (nSPS) is 16.6. The van der Waals surface area contributed by atoms with Crippen LogP contribution >= 0.6 is 0 Å². The predicted molar refractivity (Wildman–Crippen MR) is 82.3 cm³/mol. The predicted octanol–water partition coefficient (Wildman–Crippen LogP) is 1.57. The molecular formula is C15H29N3O3. The second-order valence-electron chi connectivity index (χ2n) is 6.41. The molecule has 0 aromatic carbocycles. The maximum atomic E-state index is 12.5. The van der Waals surface area contributed by atoms with Crippen LogP contribution in [-0.2, 0) is 4.79 Å². The summed E-state index contributed by atoms with van der Waals surface area (Å²) >= 11 is 0. The molecule has 6 heteroatoms. The van der Waals surface area contributed by atoms with Crippen molar-refractivity contribution < 1.29 is 14.7 Å². The molecule has 6 nitrogen and oxygen atoms in total. The van der Waals surface area contributed by atoms with E-state index in [0.717, 1.165) is 32.5 Å². The Balaban J connectivity index is 2.51. The summed E-state index contributed by atoms with van der Waals surface area (Å²) in [6.45, 7) is 6.75. The molecule has 122 valence electrons. The first kappa shape index (κ1) is 17.8. The van der Waals surface area contributed by atoms with Gasteiger partial charge in [-0.25, -0.2) is 4.79 Å². The standard InChI is InChI=1S/C15H29N3O3/c1-12(2)18(10-7-14(19)20)15(21)17-8-5-13(6-9-17)11-16(3)4/h12-13H,5-11H2,1-4H3,(H,19,20). The first-order chi connectivity index (χ1) is 9.81. The van der Waals surface area contributed by atoms with E-state index in [0.29, 0.717) is 5.92 Å². The highest BCUT2D eigenvalue weighted by molar-refractivity contribution is 5.76. The zero-order valence-electron chi connectivity index (χ0n) is 13.7. The molecule has 1 fully saturated rings. The highest BCUT2D eigenvalue weighted by Crippen LogP contribution is 2.19. The Kier molecular flexibility index (Phi) is 6.95. The lowest BCUT2D eigenvalue weighted by atomic mass is 9.96. The first-order valence-corrected chi connectivity index (χ1v) is 7.73. The highest BCUT2D eigenvalue weighted by atomic mass is 16.4. The van der Waals surface area contributed by atoms with E-state index in [1.165, 1.54) is 0 Å². The van der Waals surface area contributed by atoms with Gasteiger partial charge in [0.2, 0.25) is 0 Å². The van der Waals surface area contributed by atoms with Crippen LogP contribution in [0.15, 0.2) is 0 Å². The van der Waals surface area contributed by atoms with Gasteiger partial charge in [-0.3, -0.25) is 4.79 Å². The van der Waals surface area contributed by atoms with Crippen LogP contribution < -0.4 is 0 Å². The van der Waals surface area contributed by atoms with Gasteiger partial charge in [0.25, 0.3) is 0 Å². The monoisotopic (exact) mass is 299 g/mol. The van der Waals surface area contributed by atoms with Crippen molar-refractivity contribution in [3.63, 3.8) is 0 Å². The van der Waals surface area contributed by atoms with Crippen molar-refractivity contribution in [1.82, 2.24) is 14.7 Å². The molecule has 0 unspecified atom stereocenters. The lowest BCUT2D eigenvalue weighted by Crippen LogP contribution is -2.50. The van der Waals surface area contributed by atoms with Crippen LogP contribution in [0.3, 0.4) is 0 Å². The molecule has 0 aliphatic carbocycles. The Morgan fingerprint density at radius 1 is 1.24 bits per heavy atom. The van der Waals surface area contributed by atoms with E-state index in [9.17, 15) is 9.59 Å². The number of carboxylic acids is 1. The third-order valence-electron chi connectivity index (χ3n) is 3.94. The molecule has 0 atom stereocenters. The number of carbonyl (C=O) groups is 2. The van der Waals surface area contributed by atoms with E-state index in [-0.39, 0.29) is 25.0 Å². The van der Waals surface area contributed by atoms with Crippen LogP contribution in [0.1, 0.15) is 33.1 Å². The van der Waals surface area contributed by atoms with Gasteiger partial charge in [0.1, 0.15) is 0 Å². The van der Waals surface area contributed by atoms with Gasteiger partial charge in [-0.15, -0.1) is 0 Å². The number of amides is 2. The molecule has 1 heterocycles. The number of piperidine rings is 1. The Labute approximate surface area is 127 Å². The molecule has 0 saturated carbocycles. The third-order valence-corrected chi connectivity index (χ3v) is 3.94. The minimum absolute atomic E-state index is 0.00101.